The zero-order valence-corrected chi connectivity index (χ0v) is 15.4. The molecule has 134 valence electrons. The Kier molecular flexibility index (Phi) is 6.96. The third-order valence-corrected chi connectivity index (χ3v) is 4.08. The number of rotatable bonds is 7. The fourth-order valence-electron chi connectivity index (χ4n) is 2.07. The van der Waals surface area contributed by atoms with Gasteiger partial charge in [-0.1, -0.05) is 34.6 Å². The van der Waals surface area contributed by atoms with Gasteiger partial charge in [-0.2, -0.15) is 0 Å². The summed E-state index contributed by atoms with van der Waals surface area (Å²) in [7, 11) is 0. The molecule has 2 amide bonds. The Morgan fingerprint density at radius 3 is 1.58 bits per heavy atom. The molecule has 0 spiro atoms. The Labute approximate surface area is 144 Å². The van der Waals surface area contributed by atoms with Crippen LogP contribution in [0.2, 0.25) is 0 Å². The van der Waals surface area contributed by atoms with E-state index >= 15 is 0 Å². The van der Waals surface area contributed by atoms with E-state index < -0.39 is 5.60 Å². The minimum atomic E-state index is -0.873. The molecule has 5 heteroatoms. The third kappa shape index (κ3) is 6.32. The van der Waals surface area contributed by atoms with Crippen LogP contribution in [-0.2, 0) is 0 Å². The van der Waals surface area contributed by atoms with Crippen molar-refractivity contribution in [2.75, 3.05) is 13.1 Å². The van der Waals surface area contributed by atoms with Crippen LogP contribution >= 0.6 is 0 Å². The normalized spacial score (nSPS) is 11.9. The van der Waals surface area contributed by atoms with Gasteiger partial charge in [0.1, 0.15) is 0 Å². The van der Waals surface area contributed by atoms with E-state index in [-0.39, 0.29) is 23.8 Å². The summed E-state index contributed by atoms with van der Waals surface area (Å²) in [5.41, 5.74) is 0.138. The highest BCUT2D eigenvalue weighted by atomic mass is 16.3. The molecule has 0 heterocycles. The molecule has 0 saturated carbocycles. The highest BCUT2D eigenvalue weighted by molar-refractivity contribution is 5.97. The number of carbonyl (C=O) groups is 2. The molecule has 0 aliphatic heterocycles. The molecule has 0 aromatic heterocycles. The first-order valence-electron chi connectivity index (χ1n) is 8.49. The maximum Gasteiger partial charge on any atom is 0.251 e. The number of carbonyl (C=O) groups excluding carboxylic acids is 2. The van der Waals surface area contributed by atoms with E-state index in [2.05, 4.69) is 31.4 Å². The predicted octanol–water partition coefficient (Wildman–Crippen LogP) is 2.74. The molecule has 1 aromatic carbocycles. The molecular weight excluding hydrogens is 304 g/mol. The first-order chi connectivity index (χ1) is 11.1. The Hall–Kier alpha value is -1.88. The number of aliphatic hydroxyl groups is 1. The largest absolute Gasteiger partial charge is 0.388 e. The summed E-state index contributed by atoms with van der Waals surface area (Å²) >= 11 is 0. The van der Waals surface area contributed by atoms with E-state index in [9.17, 15) is 14.7 Å². The SMILES string of the molecule is CCC(O)(CC)CNC(=O)c1ccc(C(=O)NCC(C)(C)C)cc1. The highest BCUT2D eigenvalue weighted by Gasteiger charge is 2.23. The summed E-state index contributed by atoms with van der Waals surface area (Å²) in [6, 6.07) is 6.52. The molecule has 0 fully saturated rings. The average molecular weight is 334 g/mol. The standard InChI is InChI=1S/C19H30N2O3/c1-6-19(24,7-2)13-21-17(23)15-10-8-14(9-11-15)16(22)20-12-18(3,4)5/h8-11,24H,6-7,12-13H2,1-5H3,(H,20,22)(H,21,23). The fraction of sp³-hybridized carbons (Fsp3) is 0.579. The molecule has 0 atom stereocenters. The van der Waals surface area contributed by atoms with Crippen LogP contribution in [0.4, 0.5) is 0 Å². The summed E-state index contributed by atoms with van der Waals surface area (Å²) in [5, 5.41) is 15.8. The van der Waals surface area contributed by atoms with Crippen molar-refractivity contribution in [2.45, 2.75) is 53.1 Å². The maximum atomic E-state index is 12.1. The van der Waals surface area contributed by atoms with Crippen LogP contribution in [0.25, 0.3) is 0 Å². The van der Waals surface area contributed by atoms with E-state index in [1.54, 1.807) is 24.3 Å². The van der Waals surface area contributed by atoms with Crippen molar-refractivity contribution in [3.05, 3.63) is 35.4 Å². The number of benzene rings is 1. The van der Waals surface area contributed by atoms with E-state index in [0.717, 1.165) is 0 Å². The van der Waals surface area contributed by atoms with Gasteiger partial charge in [0.05, 0.1) is 5.60 Å². The molecule has 24 heavy (non-hydrogen) atoms. The molecule has 0 aliphatic rings. The summed E-state index contributed by atoms with van der Waals surface area (Å²) in [4.78, 5) is 24.2. The number of amides is 2. The van der Waals surface area contributed by atoms with Crippen molar-refractivity contribution < 1.29 is 14.7 Å². The van der Waals surface area contributed by atoms with E-state index in [4.69, 9.17) is 0 Å². The topological polar surface area (TPSA) is 78.4 Å². The van der Waals surface area contributed by atoms with Gasteiger partial charge in [0.2, 0.25) is 0 Å². The first-order valence-corrected chi connectivity index (χ1v) is 8.49. The molecule has 0 saturated heterocycles. The van der Waals surface area contributed by atoms with Gasteiger partial charge in [0, 0.05) is 24.2 Å². The molecular formula is C19H30N2O3. The second-order valence-electron chi connectivity index (χ2n) is 7.43. The lowest BCUT2D eigenvalue weighted by Crippen LogP contribution is -2.42. The molecule has 1 rings (SSSR count). The highest BCUT2D eigenvalue weighted by Crippen LogP contribution is 2.14. The van der Waals surface area contributed by atoms with Gasteiger partial charge in [-0.25, -0.2) is 0 Å². The van der Waals surface area contributed by atoms with Crippen molar-refractivity contribution >= 4 is 11.8 Å². The Bertz CT molecular complexity index is 555. The summed E-state index contributed by atoms with van der Waals surface area (Å²) in [6.07, 6.45) is 1.16. The molecule has 3 N–H and O–H groups in total. The Morgan fingerprint density at radius 2 is 1.25 bits per heavy atom. The van der Waals surface area contributed by atoms with Crippen LogP contribution in [-0.4, -0.2) is 35.6 Å². The second-order valence-corrected chi connectivity index (χ2v) is 7.43. The number of hydrogen-bond acceptors (Lipinski definition) is 3. The van der Waals surface area contributed by atoms with Crippen LogP contribution in [0.1, 0.15) is 68.2 Å². The lowest BCUT2D eigenvalue weighted by molar-refractivity contribution is 0.0314. The van der Waals surface area contributed by atoms with E-state index in [1.807, 2.05) is 13.8 Å². The lowest BCUT2D eigenvalue weighted by atomic mass is 9.97. The van der Waals surface area contributed by atoms with Gasteiger partial charge in [-0.05, 0) is 42.5 Å². The van der Waals surface area contributed by atoms with Crippen molar-refractivity contribution in [2.24, 2.45) is 5.41 Å². The second kappa shape index (κ2) is 8.29. The van der Waals surface area contributed by atoms with Gasteiger partial charge < -0.3 is 15.7 Å². The smallest absolute Gasteiger partial charge is 0.251 e. The summed E-state index contributed by atoms with van der Waals surface area (Å²) in [6.45, 7) is 10.7. The molecule has 0 radical (unpaired) electrons. The van der Waals surface area contributed by atoms with Gasteiger partial charge in [0.15, 0.2) is 0 Å². The monoisotopic (exact) mass is 334 g/mol. The quantitative estimate of drug-likeness (QED) is 0.717. The van der Waals surface area contributed by atoms with Crippen molar-refractivity contribution in [1.29, 1.82) is 0 Å². The summed E-state index contributed by atoms with van der Waals surface area (Å²) in [5.74, 6) is -0.403. The number of nitrogens with one attached hydrogen (secondary N) is 2. The predicted molar refractivity (Wildman–Crippen MR) is 96.1 cm³/mol. The van der Waals surface area contributed by atoms with Crippen molar-refractivity contribution in [3.63, 3.8) is 0 Å². The van der Waals surface area contributed by atoms with Crippen molar-refractivity contribution in [1.82, 2.24) is 10.6 Å². The fourth-order valence-corrected chi connectivity index (χ4v) is 2.07. The molecule has 0 aliphatic carbocycles. The first kappa shape index (κ1) is 20.2. The van der Waals surface area contributed by atoms with E-state index in [1.165, 1.54) is 0 Å². The minimum Gasteiger partial charge on any atom is -0.388 e. The molecule has 5 nitrogen and oxygen atoms in total. The van der Waals surface area contributed by atoms with Crippen LogP contribution < -0.4 is 10.6 Å². The van der Waals surface area contributed by atoms with Crippen LogP contribution in [0, 0.1) is 5.41 Å². The zero-order valence-electron chi connectivity index (χ0n) is 15.4. The van der Waals surface area contributed by atoms with Crippen LogP contribution in [0.15, 0.2) is 24.3 Å². The Balaban J connectivity index is 2.63. The lowest BCUT2D eigenvalue weighted by Gasteiger charge is -2.25. The number of hydrogen-bond donors (Lipinski definition) is 3. The minimum absolute atomic E-state index is 0.0187. The van der Waals surface area contributed by atoms with Gasteiger partial charge >= 0.3 is 0 Å². The third-order valence-electron chi connectivity index (χ3n) is 4.08. The molecule has 0 bridgehead atoms. The van der Waals surface area contributed by atoms with Crippen LogP contribution in [0.5, 0.6) is 0 Å². The van der Waals surface area contributed by atoms with Crippen molar-refractivity contribution in [3.8, 4) is 0 Å². The summed E-state index contributed by atoms with van der Waals surface area (Å²) < 4.78 is 0. The van der Waals surface area contributed by atoms with Gasteiger partial charge in [-0.15, -0.1) is 0 Å². The molecule has 0 unspecified atom stereocenters. The van der Waals surface area contributed by atoms with Gasteiger partial charge in [-0.3, -0.25) is 9.59 Å². The van der Waals surface area contributed by atoms with E-state index in [0.29, 0.717) is 30.5 Å². The molecule has 1 aromatic rings. The van der Waals surface area contributed by atoms with Crippen LogP contribution in [0.3, 0.4) is 0 Å². The zero-order chi connectivity index (χ0) is 18.4. The van der Waals surface area contributed by atoms with Gasteiger partial charge in [0.25, 0.3) is 11.8 Å². The maximum absolute atomic E-state index is 12.1. The Morgan fingerprint density at radius 1 is 0.875 bits per heavy atom. The average Bonchev–Trinajstić information content (AvgIpc) is 2.56.